The van der Waals surface area contributed by atoms with Crippen LogP contribution >= 0.6 is 23.4 Å². The number of rotatable bonds is 2. The fourth-order valence-corrected chi connectivity index (χ4v) is 1.64. The summed E-state index contributed by atoms with van der Waals surface area (Å²) in [5.41, 5.74) is 6.12. The summed E-state index contributed by atoms with van der Waals surface area (Å²) < 4.78 is 0. The van der Waals surface area contributed by atoms with Crippen molar-refractivity contribution in [2.45, 2.75) is 24.1 Å². The highest BCUT2D eigenvalue weighted by Crippen LogP contribution is 2.29. The lowest BCUT2D eigenvalue weighted by Crippen LogP contribution is -1.97. The molecule has 0 aliphatic rings. The Morgan fingerprint density at radius 1 is 1.50 bits per heavy atom. The van der Waals surface area contributed by atoms with E-state index in [0.717, 1.165) is 5.03 Å². The summed E-state index contributed by atoms with van der Waals surface area (Å²) in [6.07, 6.45) is 1.42. The van der Waals surface area contributed by atoms with E-state index in [4.69, 9.17) is 17.3 Å². The van der Waals surface area contributed by atoms with Gasteiger partial charge in [-0.15, -0.1) is 11.8 Å². The minimum Gasteiger partial charge on any atom is -0.394 e. The number of hydrogen-bond donors (Lipinski definition) is 1. The molecule has 12 heavy (non-hydrogen) atoms. The van der Waals surface area contributed by atoms with Crippen LogP contribution in [0.1, 0.15) is 13.8 Å². The first-order valence-electron chi connectivity index (χ1n) is 3.54. The van der Waals surface area contributed by atoms with E-state index in [1.165, 1.54) is 6.33 Å². The van der Waals surface area contributed by atoms with Gasteiger partial charge in [0.15, 0.2) is 5.15 Å². The molecule has 0 radical (unpaired) electrons. The van der Waals surface area contributed by atoms with Crippen LogP contribution in [0.15, 0.2) is 11.4 Å². The van der Waals surface area contributed by atoms with Gasteiger partial charge in [0.2, 0.25) is 0 Å². The van der Waals surface area contributed by atoms with Crippen molar-refractivity contribution in [2.24, 2.45) is 0 Å². The fraction of sp³-hybridized carbons (Fsp3) is 0.429. The minimum atomic E-state index is 0.327. The largest absolute Gasteiger partial charge is 0.394 e. The van der Waals surface area contributed by atoms with Crippen molar-refractivity contribution in [3.05, 3.63) is 11.5 Å². The van der Waals surface area contributed by atoms with Crippen molar-refractivity contribution in [1.82, 2.24) is 9.97 Å². The van der Waals surface area contributed by atoms with Crippen molar-refractivity contribution in [2.75, 3.05) is 5.73 Å². The molecule has 0 unspecified atom stereocenters. The second kappa shape index (κ2) is 3.96. The normalized spacial score (nSPS) is 10.7. The maximum atomic E-state index is 5.71. The summed E-state index contributed by atoms with van der Waals surface area (Å²) in [5.74, 6) is 0. The topological polar surface area (TPSA) is 51.8 Å². The van der Waals surface area contributed by atoms with E-state index in [9.17, 15) is 0 Å². The third kappa shape index (κ3) is 2.25. The number of aromatic nitrogens is 2. The van der Waals surface area contributed by atoms with Crippen LogP contribution in [-0.4, -0.2) is 15.2 Å². The Hall–Kier alpha value is -0.480. The maximum absolute atomic E-state index is 5.71. The van der Waals surface area contributed by atoms with Gasteiger partial charge in [-0.05, 0) is 0 Å². The Labute approximate surface area is 80.7 Å². The predicted octanol–water partition coefficient (Wildman–Crippen LogP) is 2.21. The molecule has 0 aliphatic carbocycles. The molecular weight excluding hydrogens is 194 g/mol. The van der Waals surface area contributed by atoms with Crippen molar-refractivity contribution in [1.29, 1.82) is 0 Å². The molecule has 1 aromatic rings. The van der Waals surface area contributed by atoms with Crippen LogP contribution in [0.2, 0.25) is 5.15 Å². The summed E-state index contributed by atoms with van der Waals surface area (Å²) in [6.45, 7) is 4.14. The average Bonchev–Trinajstić information content (AvgIpc) is 1.98. The van der Waals surface area contributed by atoms with E-state index in [1.54, 1.807) is 11.8 Å². The zero-order chi connectivity index (χ0) is 9.14. The molecule has 1 aromatic heterocycles. The molecule has 0 aromatic carbocycles. The quantitative estimate of drug-likeness (QED) is 0.592. The first-order chi connectivity index (χ1) is 5.61. The predicted molar refractivity (Wildman–Crippen MR) is 52.4 cm³/mol. The SMILES string of the molecule is CC(C)Sc1ncnc(Cl)c1N. The van der Waals surface area contributed by atoms with Gasteiger partial charge in [0.25, 0.3) is 0 Å². The van der Waals surface area contributed by atoms with Gasteiger partial charge in [-0.1, -0.05) is 25.4 Å². The van der Waals surface area contributed by atoms with E-state index in [2.05, 4.69) is 23.8 Å². The first kappa shape index (κ1) is 9.61. The van der Waals surface area contributed by atoms with Crippen LogP contribution in [0.5, 0.6) is 0 Å². The molecule has 2 N–H and O–H groups in total. The van der Waals surface area contributed by atoms with E-state index >= 15 is 0 Å². The Morgan fingerprint density at radius 3 is 2.75 bits per heavy atom. The molecule has 0 fully saturated rings. The van der Waals surface area contributed by atoms with Crippen LogP contribution in [0, 0.1) is 0 Å². The molecule has 0 saturated heterocycles. The molecule has 1 rings (SSSR count). The molecule has 0 atom stereocenters. The Bertz CT molecular complexity index is 277. The molecule has 66 valence electrons. The van der Waals surface area contributed by atoms with Gasteiger partial charge in [-0.2, -0.15) is 0 Å². The van der Waals surface area contributed by atoms with Crippen LogP contribution in [-0.2, 0) is 0 Å². The molecule has 0 amide bonds. The van der Waals surface area contributed by atoms with Crippen molar-refractivity contribution in [3.8, 4) is 0 Å². The van der Waals surface area contributed by atoms with Gasteiger partial charge < -0.3 is 5.73 Å². The summed E-state index contributed by atoms with van der Waals surface area (Å²) in [4.78, 5) is 7.78. The zero-order valence-corrected chi connectivity index (χ0v) is 8.49. The Balaban J connectivity index is 2.92. The second-order valence-electron chi connectivity index (χ2n) is 2.55. The standard InChI is InChI=1S/C7H10ClN3S/c1-4(2)12-7-5(9)6(8)10-3-11-7/h3-4H,9H2,1-2H3. The average molecular weight is 204 g/mol. The summed E-state index contributed by atoms with van der Waals surface area (Å²) in [5, 5.41) is 1.52. The lowest BCUT2D eigenvalue weighted by Gasteiger charge is -2.06. The second-order valence-corrected chi connectivity index (χ2v) is 4.47. The Kier molecular flexibility index (Phi) is 3.17. The van der Waals surface area contributed by atoms with Crippen LogP contribution < -0.4 is 5.73 Å². The highest BCUT2D eigenvalue weighted by atomic mass is 35.5. The molecule has 3 nitrogen and oxygen atoms in total. The summed E-state index contributed by atoms with van der Waals surface area (Å²) >= 11 is 7.29. The highest BCUT2D eigenvalue weighted by Gasteiger charge is 2.07. The number of nitrogen functional groups attached to an aromatic ring is 1. The van der Waals surface area contributed by atoms with Gasteiger partial charge in [0.05, 0.1) is 0 Å². The maximum Gasteiger partial charge on any atom is 0.156 e. The van der Waals surface area contributed by atoms with Crippen LogP contribution in [0.4, 0.5) is 5.69 Å². The smallest absolute Gasteiger partial charge is 0.156 e. The van der Waals surface area contributed by atoms with Crippen LogP contribution in [0.3, 0.4) is 0 Å². The van der Waals surface area contributed by atoms with E-state index < -0.39 is 0 Å². The molecule has 5 heteroatoms. The number of anilines is 1. The summed E-state index contributed by atoms with van der Waals surface area (Å²) in [7, 11) is 0. The summed E-state index contributed by atoms with van der Waals surface area (Å²) in [6, 6.07) is 0. The number of thioether (sulfide) groups is 1. The third-order valence-corrected chi connectivity index (χ3v) is 2.47. The Morgan fingerprint density at radius 2 is 2.17 bits per heavy atom. The zero-order valence-electron chi connectivity index (χ0n) is 6.91. The van der Waals surface area contributed by atoms with E-state index in [1.807, 2.05) is 0 Å². The fourth-order valence-electron chi connectivity index (χ4n) is 0.676. The number of halogens is 1. The van der Waals surface area contributed by atoms with Gasteiger partial charge >= 0.3 is 0 Å². The highest BCUT2D eigenvalue weighted by molar-refractivity contribution is 7.99. The van der Waals surface area contributed by atoms with E-state index in [0.29, 0.717) is 16.1 Å². The van der Waals surface area contributed by atoms with Gasteiger partial charge in [0.1, 0.15) is 17.0 Å². The van der Waals surface area contributed by atoms with Gasteiger partial charge in [-0.25, -0.2) is 9.97 Å². The number of hydrogen-bond acceptors (Lipinski definition) is 4. The number of nitrogens with two attached hydrogens (primary N) is 1. The monoisotopic (exact) mass is 203 g/mol. The first-order valence-corrected chi connectivity index (χ1v) is 4.79. The minimum absolute atomic E-state index is 0.327. The van der Waals surface area contributed by atoms with Crippen LogP contribution in [0.25, 0.3) is 0 Å². The third-order valence-electron chi connectivity index (χ3n) is 1.15. The molecule has 0 spiro atoms. The number of nitrogens with zero attached hydrogens (tertiary/aromatic N) is 2. The van der Waals surface area contributed by atoms with Crippen molar-refractivity contribution >= 4 is 29.1 Å². The lowest BCUT2D eigenvalue weighted by molar-refractivity contribution is 1.03. The molecule has 0 bridgehead atoms. The van der Waals surface area contributed by atoms with Crippen molar-refractivity contribution < 1.29 is 0 Å². The van der Waals surface area contributed by atoms with Gasteiger partial charge in [-0.3, -0.25) is 0 Å². The van der Waals surface area contributed by atoms with E-state index in [-0.39, 0.29) is 0 Å². The molecule has 1 heterocycles. The van der Waals surface area contributed by atoms with Crippen molar-refractivity contribution in [3.63, 3.8) is 0 Å². The lowest BCUT2D eigenvalue weighted by atomic mass is 10.5. The molecule has 0 aliphatic heterocycles. The van der Waals surface area contributed by atoms with Gasteiger partial charge in [0, 0.05) is 5.25 Å². The molecular formula is C7H10ClN3S. The molecule has 0 saturated carbocycles.